The SMILES string of the molecule is Cc1nc2n(n1)[C@@H](c1ccco1)C1=C(C[C@@H](C)CC1=O)N2. The van der Waals surface area contributed by atoms with Gasteiger partial charge in [0, 0.05) is 17.7 Å². The number of hydrogen-bond acceptors (Lipinski definition) is 5. The van der Waals surface area contributed by atoms with Crippen LogP contribution in [-0.2, 0) is 4.79 Å². The summed E-state index contributed by atoms with van der Waals surface area (Å²) in [5.41, 5.74) is 1.72. The minimum atomic E-state index is -0.313. The molecule has 0 amide bonds. The lowest BCUT2D eigenvalue weighted by Gasteiger charge is -2.32. The van der Waals surface area contributed by atoms with Crippen LogP contribution in [-0.4, -0.2) is 20.5 Å². The zero-order valence-corrected chi connectivity index (χ0v) is 12.0. The van der Waals surface area contributed by atoms with Gasteiger partial charge in [0.2, 0.25) is 5.95 Å². The highest BCUT2D eigenvalue weighted by atomic mass is 16.3. The molecule has 2 aromatic rings. The van der Waals surface area contributed by atoms with Crippen LogP contribution in [0.1, 0.15) is 37.4 Å². The van der Waals surface area contributed by atoms with Crippen molar-refractivity contribution in [2.75, 3.05) is 5.32 Å². The first kappa shape index (κ1) is 12.4. The molecule has 1 N–H and O–H groups in total. The van der Waals surface area contributed by atoms with E-state index in [0.717, 1.165) is 23.5 Å². The monoisotopic (exact) mass is 284 g/mol. The lowest BCUT2D eigenvalue weighted by atomic mass is 9.82. The van der Waals surface area contributed by atoms with E-state index >= 15 is 0 Å². The van der Waals surface area contributed by atoms with E-state index in [1.165, 1.54) is 0 Å². The highest BCUT2D eigenvalue weighted by molar-refractivity contribution is 5.99. The molecule has 0 bridgehead atoms. The van der Waals surface area contributed by atoms with Crippen molar-refractivity contribution in [2.24, 2.45) is 5.92 Å². The number of hydrogen-bond donors (Lipinski definition) is 1. The maximum atomic E-state index is 12.6. The van der Waals surface area contributed by atoms with E-state index in [1.807, 2.05) is 19.1 Å². The molecule has 0 aromatic carbocycles. The van der Waals surface area contributed by atoms with Crippen molar-refractivity contribution < 1.29 is 9.21 Å². The zero-order chi connectivity index (χ0) is 14.6. The van der Waals surface area contributed by atoms with Gasteiger partial charge in [-0.25, -0.2) is 4.68 Å². The summed E-state index contributed by atoms with van der Waals surface area (Å²) >= 11 is 0. The van der Waals surface area contributed by atoms with E-state index in [-0.39, 0.29) is 11.8 Å². The number of aromatic nitrogens is 3. The molecule has 4 rings (SSSR count). The number of fused-ring (bicyclic) bond motifs is 1. The van der Waals surface area contributed by atoms with E-state index in [1.54, 1.807) is 10.9 Å². The number of allylic oxidation sites excluding steroid dienone is 2. The molecule has 21 heavy (non-hydrogen) atoms. The zero-order valence-electron chi connectivity index (χ0n) is 12.0. The molecule has 0 saturated carbocycles. The van der Waals surface area contributed by atoms with Crippen LogP contribution in [0.5, 0.6) is 0 Å². The van der Waals surface area contributed by atoms with Crippen LogP contribution in [0.15, 0.2) is 34.1 Å². The third-order valence-electron chi connectivity index (χ3n) is 4.04. The summed E-state index contributed by atoms with van der Waals surface area (Å²) in [5.74, 6) is 2.58. The quantitative estimate of drug-likeness (QED) is 0.870. The first-order valence-corrected chi connectivity index (χ1v) is 7.13. The summed E-state index contributed by atoms with van der Waals surface area (Å²) in [7, 11) is 0. The van der Waals surface area contributed by atoms with Crippen molar-refractivity contribution in [3.8, 4) is 0 Å². The van der Waals surface area contributed by atoms with Crippen LogP contribution in [0.4, 0.5) is 5.95 Å². The number of anilines is 1. The lowest BCUT2D eigenvalue weighted by molar-refractivity contribution is -0.117. The molecule has 0 fully saturated rings. The first-order valence-electron chi connectivity index (χ1n) is 7.13. The smallest absolute Gasteiger partial charge is 0.226 e. The molecule has 0 saturated heterocycles. The fraction of sp³-hybridized carbons (Fsp3) is 0.400. The van der Waals surface area contributed by atoms with Gasteiger partial charge >= 0.3 is 0 Å². The van der Waals surface area contributed by atoms with E-state index in [2.05, 4.69) is 22.3 Å². The fourth-order valence-corrected chi connectivity index (χ4v) is 3.22. The molecular weight excluding hydrogens is 268 g/mol. The largest absolute Gasteiger partial charge is 0.467 e. The summed E-state index contributed by atoms with van der Waals surface area (Å²) in [5, 5.41) is 7.71. The Morgan fingerprint density at radius 1 is 1.43 bits per heavy atom. The molecule has 2 aromatic heterocycles. The van der Waals surface area contributed by atoms with Crippen LogP contribution in [0.25, 0.3) is 0 Å². The lowest BCUT2D eigenvalue weighted by Crippen LogP contribution is -2.33. The van der Waals surface area contributed by atoms with Crippen LogP contribution in [0, 0.1) is 12.8 Å². The Morgan fingerprint density at radius 3 is 3.05 bits per heavy atom. The van der Waals surface area contributed by atoms with Gasteiger partial charge in [0.15, 0.2) is 5.78 Å². The molecule has 2 aliphatic rings. The Kier molecular flexibility index (Phi) is 2.54. The van der Waals surface area contributed by atoms with Crippen molar-refractivity contribution in [2.45, 2.75) is 32.7 Å². The Balaban J connectivity index is 1.92. The van der Waals surface area contributed by atoms with Crippen molar-refractivity contribution in [3.05, 3.63) is 41.3 Å². The van der Waals surface area contributed by atoms with Crippen molar-refractivity contribution in [1.29, 1.82) is 0 Å². The van der Waals surface area contributed by atoms with Gasteiger partial charge in [-0.2, -0.15) is 10.1 Å². The number of nitrogens with zero attached hydrogens (tertiary/aromatic N) is 3. The van der Waals surface area contributed by atoms with Crippen LogP contribution in [0.2, 0.25) is 0 Å². The average molecular weight is 284 g/mol. The van der Waals surface area contributed by atoms with Gasteiger partial charge in [0.25, 0.3) is 0 Å². The maximum Gasteiger partial charge on any atom is 0.226 e. The summed E-state index contributed by atoms with van der Waals surface area (Å²) in [6.07, 6.45) is 3.04. The fourth-order valence-electron chi connectivity index (χ4n) is 3.22. The molecule has 1 aliphatic heterocycles. The molecule has 2 atom stereocenters. The van der Waals surface area contributed by atoms with E-state index in [0.29, 0.717) is 24.1 Å². The van der Waals surface area contributed by atoms with Gasteiger partial charge in [0.05, 0.1) is 6.26 Å². The van der Waals surface area contributed by atoms with E-state index < -0.39 is 0 Å². The van der Waals surface area contributed by atoms with Gasteiger partial charge in [-0.3, -0.25) is 4.79 Å². The van der Waals surface area contributed by atoms with Gasteiger partial charge in [-0.15, -0.1) is 0 Å². The molecule has 3 heterocycles. The third-order valence-corrected chi connectivity index (χ3v) is 4.04. The van der Waals surface area contributed by atoms with Gasteiger partial charge in [-0.1, -0.05) is 6.92 Å². The third kappa shape index (κ3) is 1.82. The number of aryl methyl sites for hydroxylation is 1. The molecular formula is C15H16N4O2. The summed E-state index contributed by atoms with van der Waals surface area (Å²) < 4.78 is 7.31. The van der Waals surface area contributed by atoms with E-state index in [9.17, 15) is 4.79 Å². The van der Waals surface area contributed by atoms with Gasteiger partial charge < -0.3 is 9.73 Å². The molecule has 0 spiro atoms. The predicted molar refractivity (Wildman–Crippen MR) is 75.7 cm³/mol. The number of furan rings is 1. The van der Waals surface area contributed by atoms with Crippen LogP contribution in [0.3, 0.4) is 0 Å². The second kappa shape index (κ2) is 4.31. The minimum absolute atomic E-state index is 0.163. The Bertz CT molecular complexity index is 742. The Hall–Kier alpha value is -2.37. The van der Waals surface area contributed by atoms with Crippen LogP contribution >= 0.6 is 0 Å². The summed E-state index contributed by atoms with van der Waals surface area (Å²) in [6.45, 7) is 3.94. The van der Waals surface area contributed by atoms with Crippen molar-refractivity contribution in [3.63, 3.8) is 0 Å². The molecule has 0 radical (unpaired) electrons. The Morgan fingerprint density at radius 2 is 2.29 bits per heavy atom. The standard InChI is InChI=1S/C15H16N4O2/c1-8-6-10-13(11(20)7-8)14(12-4-3-5-21-12)19-15(17-10)16-9(2)18-19/h3-5,8,14H,6-7H2,1-2H3,(H,16,17,18)/t8-,14+/m1/s1. The van der Waals surface area contributed by atoms with Crippen LogP contribution < -0.4 is 5.32 Å². The van der Waals surface area contributed by atoms with Gasteiger partial charge in [-0.05, 0) is 31.4 Å². The van der Waals surface area contributed by atoms with E-state index in [4.69, 9.17) is 4.42 Å². The van der Waals surface area contributed by atoms with Crippen molar-refractivity contribution >= 4 is 11.7 Å². The maximum absolute atomic E-state index is 12.6. The minimum Gasteiger partial charge on any atom is -0.467 e. The normalized spacial score (nSPS) is 24.6. The number of ketones is 1. The number of rotatable bonds is 1. The second-order valence-electron chi connectivity index (χ2n) is 5.80. The summed E-state index contributed by atoms with van der Waals surface area (Å²) in [4.78, 5) is 17.0. The molecule has 6 nitrogen and oxygen atoms in total. The molecule has 0 unspecified atom stereocenters. The predicted octanol–water partition coefficient (Wildman–Crippen LogP) is 2.45. The van der Waals surface area contributed by atoms with Gasteiger partial charge in [0.1, 0.15) is 17.6 Å². The highest BCUT2D eigenvalue weighted by Gasteiger charge is 2.39. The number of Topliss-reactive ketones (excluding diaryl/α,β-unsaturated/α-hetero) is 1. The molecule has 1 aliphatic carbocycles. The number of carbonyl (C=O) groups excluding carboxylic acids is 1. The number of nitrogens with one attached hydrogen (secondary N) is 1. The highest BCUT2D eigenvalue weighted by Crippen LogP contribution is 2.41. The second-order valence-corrected chi connectivity index (χ2v) is 5.80. The topological polar surface area (TPSA) is 73.0 Å². The summed E-state index contributed by atoms with van der Waals surface area (Å²) in [6, 6.07) is 3.40. The average Bonchev–Trinajstić information content (AvgIpc) is 3.03. The van der Waals surface area contributed by atoms with Crippen molar-refractivity contribution in [1.82, 2.24) is 14.8 Å². The molecule has 6 heteroatoms. The first-order chi connectivity index (χ1) is 10.1. The number of carbonyl (C=O) groups is 1. The Labute approximate surface area is 121 Å². The molecule has 108 valence electrons.